The SMILES string of the molecule is C=CC(=O)OC(COc1ccccc1)[Si](c1ccccc1)(c1ccccc1)c1ccccc1. The number of rotatable bonds is 9. The zero-order valence-corrected chi connectivity index (χ0v) is 19.3. The zero-order valence-electron chi connectivity index (χ0n) is 18.3. The van der Waals surface area contributed by atoms with E-state index in [0.29, 0.717) is 0 Å². The summed E-state index contributed by atoms with van der Waals surface area (Å²) in [5.41, 5.74) is -0.532. The number of carbonyl (C=O) groups is 1. The lowest BCUT2D eigenvalue weighted by molar-refractivity contribution is -0.140. The molecule has 0 radical (unpaired) electrons. The summed E-state index contributed by atoms with van der Waals surface area (Å²) in [5, 5.41) is 3.42. The summed E-state index contributed by atoms with van der Waals surface area (Å²) in [7, 11) is -2.90. The third kappa shape index (κ3) is 4.81. The molecule has 0 aromatic heterocycles. The van der Waals surface area contributed by atoms with E-state index in [1.54, 1.807) is 0 Å². The second kappa shape index (κ2) is 10.6. The maximum atomic E-state index is 12.6. The normalized spacial score (nSPS) is 11.9. The molecule has 0 heterocycles. The molecule has 164 valence electrons. The molecule has 0 fully saturated rings. The Balaban J connectivity index is 1.94. The van der Waals surface area contributed by atoms with E-state index in [4.69, 9.17) is 9.47 Å². The van der Waals surface area contributed by atoms with Gasteiger partial charge in [-0.1, -0.05) is 116 Å². The van der Waals surface area contributed by atoms with E-state index in [0.717, 1.165) is 21.3 Å². The van der Waals surface area contributed by atoms with Gasteiger partial charge in [-0.3, -0.25) is 0 Å². The Kier molecular flexibility index (Phi) is 7.18. The third-order valence-corrected chi connectivity index (χ3v) is 10.7. The first-order chi connectivity index (χ1) is 16.2. The number of esters is 1. The number of hydrogen-bond acceptors (Lipinski definition) is 3. The lowest BCUT2D eigenvalue weighted by Crippen LogP contribution is -2.76. The molecule has 0 N–H and O–H groups in total. The van der Waals surface area contributed by atoms with E-state index < -0.39 is 19.8 Å². The molecule has 33 heavy (non-hydrogen) atoms. The van der Waals surface area contributed by atoms with Gasteiger partial charge in [-0.15, -0.1) is 0 Å². The van der Waals surface area contributed by atoms with Gasteiger partial charge in [0.25, 0.3) is 0 Å². The number of para-hydroxylation sites is 1. The first kappa shape index (κ1) is 22.3. The van der Waals surface area contributed by atoms with Crippen LogP contribution in [0.3, 0.4) is 0 Å². The van der Waals surface area contributed by atoms with E-state index in [9.17, 15) is 4.79 Å². The fraction of sp³-hybridized carbons (Fsp3) is 0.0690. The Labute approximate surface area is 196 Å². The highest BCUT2D eigenvalue weighted by Crippen LogP contribution is 2.18. The zero-order chi connectivity index (χ0) is 22.9. The van der Waals surface area contributed by atoms with Gasteiger partial charge in [0.2, 0.25) is 0 Å². The Hall–Kier alpha value is -3.89. The topological polar surface area (TPSA) is 35.5 Å². The summed E-state index contributed by atoms with van der Waals surface area (Å²) in [4.78, 5) is 12.6. The largest absolute Gasteiger partial charge is 0.490 e. The minimum atomic E-state index is -2.90. The Bertz CT molecular complexity index is 1070. The van der Waals surface area contributed by atoms with Crippen molar-refractivity contribution in [3.8, 4) is 5.75 Å². The van der Waals surface area contributed by atoms with Gasteiger partial charge >= 0.3 is 5.97 Å². The summed E-state index contributed by atoms with van der Waals surface area (Å²) in [5.74, 6) is 0.269. The van der Waals surface area contributed by atoms with E-state index in [1.807, 2.05) is 84.9 Å². The average Bonchev–Trinajstić information content (AvgIpc) is 2.90. The second-order valence-corrected chi connectivity index (χ2v) is 11.7. The van der Waals surface area contributed by atoms with Crippen molar-refractivity contribution in [3.63, 3.8) is 0 Å². The number of ether oxygens (including phenoxy) is 2. The molecule has 0 bridgehead atoms. The predicted octanol–water partition coefficient (Wildman–Crippen LogP) is 3.87. The molecule has 0 saturated heterocycles. The molecule has 4 aromatic rings. The van der Waals surface area contributed by atoms with Gasteiger partial charge in [0.05, 0.1) is 0 Å². The highest BCUT2D eigenvalue weighted by molar-refractivity contribution is 7.12. The standard InChI is InChI=1S/C29H26O3Si/c1-2-28(30)32-29(23-31-24-15-7-3-8-16-24)33(25-17-9-4-10-18-25,26-19-11-5-12-20-26)27-21-13-6-14-22-27/h2-22,29H,1,23H2. The van der Waals surface area contributed by atoms with E-state index >= 15 is 0 Å². The summed E-state index contributed by atoms with van der Waals surface area (Å²) < 4.78 is 12.3. The summed E-state index contributed by atoms with van der Waals surface area (Å²) >= 11 is 0. The van der Waals surface area contributed by atoms with Crippen LogP contribution in [0.4, 0.5) is 0 Å². The second-order valence-electron chi connectivity index (χ2n) is 7.66. The van der Waals surface area contributed by atoms with Gasteiger partial charge in [-0.2, -0.15) is 0 Å². The Morgan fingerprint density at radius 1 is 0.697 bits per heavy atom. The van der Waals surface area contributed by atoms with Crippen LogP contribution in [-0.2, 0) is 9.53 Å². The van der Waals surface area contributed by atoms with Gasteiger partial charge < -0.3 is 9.47 Å². The molecule has 0 aliphatic carbocycles. The molecule has 0 spiro atoms. The predicted molar refractivity (Wildman–Crippen MR) is 136 cm³/mol. The lowest BCUT2D eigenvalue weighted by atomic mass is 10.3. The van der Waals surface area contributed by atoms with Crippen molar-refractivity contribution in [2.45, 2.75) is 5.73 Å². The Morgan fingerprint density at radius 2 is 1.09 bits per heavy atom. The molecule has 0 aliphatic rings. The van der Waals surface area contributed by atoms with Crippen molar-refractivity contribution in [2.75, 3.05) is 6.61 Å². The molecule has 1 atom stereocenters. The smallest absolute Gasteiger partial charge is 0.330 e. The summed E-state index contributed by atoms with van der Waals surface area (Å²) in [6.07, 6.45) is 1.22. The van der Waals surface area contributed by atoms with Gasteiger partial charge in [-0.05, 0) is 27.7 Å². The van der Waals surface area contributed by atoms with E-state index in [2.05, 4.69) is 43.0 Å². The van der Waals surface area contributed by atoms with Gasteiger partial charge in [-0.25, -0.2) is 4.79 Å². The lowest BCUT2D eigenvalue weighted by Gasteiger charge is -2.39. The van der Waals surface area contributed by atoms with Crippen molar-refractivity contribution >= 4 is 29.6 Å². The van der Waals surface area contributed by atoms with E-state index in [1.165, 1.54) is 6.08 Å². The molecule has 0 aliphatic heterocycles. The summed E-state index contributed by atoms with van der Waals surface area (Å²) in [6.45, 7) is 3.85. The maximum Gasteiger partial charge on any atom is 0.330 e. The van der Waals surface area contributed by atoms with Crippen LogP contribution < -0.4 is 20.3 Å². The molecule has 3 nitrogen and oxygen atoms in total. The monoisotopic (exact) mass is 450 g/mol. The molecular weight excluding hydrogens is 424 g/mol. The molecule has 0 saturated carbocycles. The number of hydrogen-bond donors (Lipinski definition) is 0. The summed E-state index contributed by atoms with van der Waals surface area (Å²) in [6, 6.07) is 40.6. The van der Waals surface area contributed by atoms with Crippen molar-refractivity contribution in [3.05, 3.63) is 134 Å². The molecule has 4 heteroatoms. The highest BCUT2D eigenvalue weighted by Gasteiger charge is 2.49. The van der Waals surface area contributed by atoms with Crippen LogP contribution in [0.1, 0.15) is 0 Å². The molecule has 1 unspecified atom stereocenters. The maximum absolute atomic E-state index is 12.6. The molecule has 4 rings (SSSR count). The van der Waals surface area contributed by atoms with Crippen molar-refractivity contribution in [1.29, 1.82) is 0 Å². The quantitative estimate of drug-likeness (QED) is 0.168. The van der Waals surface area contributed by atoms with E-state index in [-0.39, 0.29) is 6.61 Å². The van der Waals surface area contributed by atoms with Crippen LogP contribution in [0.2, 0.25) is 0 Å². The molecule has 4 aromatic carbocycles. The van der Waals surface area contributed by atoms with Crippen molar-refractivity contribution in [2.24, 2.45) is 0 Å². The fourth-order valence-corrected chi connectivity index (χ4v) is 9.18. The van der Waals surface area contributed by atoms with Crippen LogP contribution in [0.5, 0.6) is 5.75 Å². The molecular formula is C29H26O3Si. The van der Waals surface area contributed by atoms with Gasteiger partial charge in [0.1, 0.15) is 18.1 Å². The van der Waals surface area contributed by atoms with Crippen molar-refractivity contribution < 1.29 is 14.3 Å². The highest BCUT2D eigenvalue weighted by atomic mass is 28.3. The van der Waals surface area contributed by atoms with Crippen molar-refractivity contribution in [1.82, 2.24) is 0 Å². The van der Waals surface area contributed by atoms with Crippen LogP contribution in [0.15, 0.2) is 134 Å². The number of benzene rings is 4. The molecule has 0 amide bonds. The van der Waals surface area contributed by atoms with Crippen LogP contribution >= 0.6 is 0 Å². The third-order valence-electron chi connectivity index (χ3n) is 5.74. The first-order valence-corrected chi connectivity index (χ1v) is 13.0. The number of carbonyl (C=O) groups excluding carboxylic acids is 1. The van der Waals surface area contributed by atoms with Crippen LogP contribution in [-0.4, -0.2) is 26.4 Å². The van der Waals surface area contributed by atoms with Crippen LogP contribution in [0, 0.1) is 0 Å². The average molecular weight is 451 g/mol. The van der Waals surface area contributed by atoms with Gasteiger partial charge in [0, 0.05) is 6.08 Å². The Morgan fingerprint density at radius 3 is 1.48 bits per heavy atom. The van der Waals surface area contributed by atoms with Gasteiger partial charge in [0.15, 0.2) is 8.07 Å². The fourth-order valence-electron chi connectivity index (χ4n) is 4.29. The van der Waals surface area contributed by atoms with Crippen LogP contribution in [0.25, 0.3) is 0 Å². The minimum Gasteiger partial charge on any atom is -0.490 e. The minimum absolute atomic E-state index is 0.217. The first-order valence-electron chi connectivity index (χ1n) is 10.9.